The van der Waals surface area contributed by atoms with Crippen molar-refractivity contribution < 1.29 is 24.4 Å². The molecule has 2 heterocycles. The molecule has 4 rings (SSSR count). The average Bonchev–Trinajstić information content (AvgIpc) is 2.62. The summed E-state index contributed by atoms with van der Waals surface area (Å²) in [7, 11) is 1.45. The summed E-state index contributed by atoms with van der Waals surface area (Å²) in [5.41, 5.74) is 2.34. The van der Waals surface area contributed by atoms with Gasteiger partial charge in [0.15, 0.2) is 11.5 Å². The quantitative estimate of drug-likeness (QED) is 0.798. The van der Waals surface area contributed by atoms with Crippen molar-refractivity contribution >= 4 is 6.08 Å². The van der Waals surface area contributed by atoms with Gasteiger partial charge < -0.3 is 24.4 Å². The molecule has 0 spiro atoms. The van der Waals surface area contributed by atoms with Crippen molar-refractivity contribution in [3.8, 4) is 28.7 Å². The SMILES string of the molecule is COc1ccc([C@@H]2COc3c(ccc4c3C=CC(C)(C)O4)C2)c(O)c1O. The monoisotopic (exact) mass is 354 g/mol. The predicted molar refractivity (Wildman–Crippen MR) is 98.4 cm³/mol. The Morgan fingerprint density at radius 1 is 1.12 bits per heavy atom. The highest BCUT2D eigenvalue weighted by Gasteiger charge is 2.30. The van der Waals surface area contributed by atoms with Gasteiger partial charge in [0.25, 0.3) is 0 Å². The molecule has 0 fully saturated rings. The van der Waals surface area contributed by atoms with E-state index < -0.39 is 0 Å². The second kappa shape index (κ2) is 5.87. The Balaban J connectivity index is 1.67. The van der Waals surface area contributed by atoms with Crippen molar-refractivity contribution in [3.05, 3.63) is 47.0 Å². The van der Waals surface area contributed by atoms with E-state index in [1.807, 2.05) is 32.1 Å². The molecule has 0 saturated heterocycles. The molecular weight excluding hydrogens is 332 g/mol. The number of rotatable bonds is 2. The Morgan fingerprint density at radius 2 is 1.92 bits per heavy atom. The molecule has 0 bridgehead atoms. The van der Waals surface area contributed by atoms with Crippen LogP contribution in [0.25, 0.3) is 6.08 Å². The Hall–Kier alpha value is -2.82. The van der Waals surface area contributed by atoms with Crippen LogP contribution in [0, 0.1) is 0 Å². The number of fused-ring (bicyclic) bond motifs is 3. The molecule has 2 N–H and O–H groups in total. The van der Waals surface area contributed by atoms with Gasteiger partial charge in [0, 0.05) is 11.5 Å². The normalized spacial score (nSPS) is 19.7. The number of phenols is 2. The van der Waals surface area contributed by atoms with Crippen molar-refractivity contribution in [1.82, 2.24) is 0 Å². The van der Waals surface area contributed by atoms with Gasteiger partial charge in [-0.15, -0.1) is 0 Å². The van der Waals surface area contributed by atoms with Gasteiger partial charge in [0.05, 0.1) is 19.3 Å². The Kier molecular flexibility index (Phi) is 3.75. The molecule has 0 aromatic heterocycles. The lowest BCUT2D eigenvalue weighted by molar-refractivity contribution is 0.157. The zero-order valence-corrected chi connectivity index (χ0v) is 15.1. The molecule has 5 heteroatoms. The summed E-state index contributed by atoms with van der Waals surface area (Å²) in [5.74, 6) is 1.47. The Labute approximate surface area is 152 Å². The maximum absolute atomic E-state index is 10.3. The summed E-state index contributed by atoms with van der Waals surface area (Å²) in [5, 5.41) is 20.4. The number of hydrogen-bond acceptors (Lipinski definition) is 5. The maximum atomic E-state index is 10.3. The minimum absolute atomic E-state index is 0.0534. The Morgan fingerprint density at radius 3 is 2.69 bits per heavy atom. The van der Waals surface area contributed by atoms with Crippen LogP contribution in [0.4, 0.5) is 0 Å². The van der Waals surface area contributed by atoms with Crippen molar-refractivity contribution in [2.45, 2.75) is 31.8 Å². The Bertz CT molecular complexity index is 898. The first-order valence-corrected chi connectivity index (χ1v) is 8.65. The van der Waals surface area contributed by atoms with Crippen molar-refractivity contribution in [1.29, 1.82) is 0 Å². The van der Waals surface area contributed by atoms with Gasteiger partial charge in [-0.25, -0.2) is 0 Å². The lowest BCUT2D eigenvalue weighted by Gasteiger charge is -2.32. The molecule has 0 radical (unpaired) electrons. The van der Waals surface area contributed by atoms with Gasteiger partial charge in [-0.05, 0) is 50.1 Å². The van der Waals surface area contributed by atoms with E-state index in [0.29, 0.717) is 18.6 Å². The topological polar surface area (TPSA) is 68.2 Å². The first-order chi connectivity index (χ1) is 12.4. The molecule has 2 aliphatic rings. The number of benzene rings is 2. The van der Waals surface area contributed by atoms with Gasteiger partial charge in [-0.1, -0.05) is 12.1 Å². The molecule has 2 aliphatic heterocycles. The number of hydrogen-bond donors (Lipinski definition) is 2. The van der Waals surface area contributed by atoms with Gasteiger partial charge in [0.1, 0.15) is 17.1 Å². The third-order valence-electron chi connectivity index (χ3n) is 4.96. The second-order valence-electron chi connectivity index (χ2n) is 7.27. The lowest BCUT2D eigenvalue weighted by Crippen LogP contribution is -2.28. The van der Waals surface area contributed by atoms with Crippen LogP contribution in [0.1, 0.15) is 36.5 Å². The summed E-state index contributed by atoms with van der Waals surface area (Å²) < 4.78 is 17.1. The average molecular weight is 354 g/mol. The molecule has 2 aromatic carbocycles. The van der Waals surface area contributed by atoms with Gasteiger partial charge in [-0.3, -0.25) is 0 Å². The zero-order chi connectivity index (χ0) is 18.5. The fourth-order valence-electron chi connectivity index (χ4n) is 3.59. The highest BCUT2D eigenvalue weighted by atomic mass is 16.5. The van der Waals surface area contributed by atoms with Gasteiger partial charge in [0.2, 0.25) is 5.75 Å². The van der Waals surface area contributed by atoms with Crippen LogP contribution in [-0.4, -0.2) is 29.5 Å². The van der Waals surface area contributed by atoms with Crippen LogP contribution < -0.4 is 14.2 Å². The summed E-state index contributed by atoms with van der Waals surface area (Å²) in [6.07, 6.45) is 4.78. The third-order valence-corrected chi connectivity index (χ3v) is 4.96. The van der Waals surface area contributed by atoms with Crippen LogP contribution >= 0.6 is 0 Å². The number of ether oxygens (including phenoxy) is 3. The zero-order valence-electron chi connectivity index (χ0n) is 15.1. The van der Waals surface area contributed by atoms with Crippen molar-refractivity contribution in [2.75, 3.05) is 13.7 Å². The highest BCUT2D eigenvalue weighted by Crippen LogP contribution is 2.46. The summed E-state index contributed by atoms with van der Waals surface area (Å²) in [6.45, 7) is 4.45. The van der Waals surface area contributed by atoms with Gasteiger partial charge in [-0.2, -0.15) is 0 Å². The largest absolute Gasteiger partial charge is 0.504 e. The third kappa shape index (κ3) is 2.64. The molecule has 0 saturated carbocycles. The summed E-state index contributed by atoms with van der Waals surface area (Å²) >= 11 is 0. The van der Waals surface area contributed by atoms with Gasteiger partial charge >= 0.3 is 0 Å². The van der Waals surface area contributed by atoms with E-state index in [1.165, 1.54) is 7.11 Å². The number of phenolic OH excluding ortho intramolecular Hbond substituents is 2. The van der Waals surface area contributed by atoms with E-state index in [0.717, 1.165) is 22.6 Å². The smallest absolute Gasteiger partial charge is 0.200 e. The van der Waals surface area contributed by atoms with E-state index in [-0.39, 0.29) is 28.8 Å². The highest BCUT2D eigenvalue weighted by molar-refractivity contribution is 5.69. The molecule has 1 atom stereocenters. The number of aromatic hydroxyl groups is 2. The summed E-state index contributed by atoms with van der Waals surface area (Å²) in [4.78, 5) is 0. The maximum Gasteiger partial charge on any atom is 0.200 e. The standard InChI is InChI=1S/C21H22O5/c1-21(2)9-8-15-16(26-21)6-4-12-10-13(11-25-20(12)15)14-5-7-17(24-3)19(23)18(14)22/h4-9,13,22-23H,10-11H2,1-3H3/t13-/m0/s1. The number of methoxy groups -OCH3 is 1. The van der Waals surface area contributed by atoms with E-state index in [4.69, 9.17) is 14.2 Å². The van der Waals surface area contributed by atoms with Crippen LogP contribution in [0.3, 0.4) is 0 Å². The van der Waals surface area contributed by atoms with Crippen LogP contribution in [-0.2, 0) is 6.42 Å². The molecule has 5 nitrogen and oxygen atoms in total. The molecule has 2 aromatic rings. The first kappa shape index (κ1) is 16.6. The molecule has 0 amide bonds. The molecule has 0 aliphatic carbocycles. The molecule has 26 heavy (non-hydrogen) atoms. The fourth-order valence-corrected chi connectivity index (χ4v) is 3.59. The van der Waals surface area contributed by atoms with Crippen molar-refractivity contribution in [2.24, 2.45) is 0 Å². The van der Waals surface area contributed by atoms with Crippen molar-refractivity contribution in [3.63, 3.8) is 0 Å². The van der Waals surface area contributed by atoms with E-state index in [2.05, 4.69) is 6.08 Å². The van der Waals surface area contributed by atoms with Crippen LogP contribution in [0.5, 0.6) is 28.7 Å². The van der Waals surface area contributed by atoms with E-state index >= 15 is 0 Å². The van der Waals surface area contributed by atoms with E-state index in [9.17, 15) is 10.2 Å². The minimum atomic E-state index is -0.329. The second-order valence-corrected chi connectivity index (χ2v) is 7.27. The lowest BCUT2D eigenvalue weighted by atomic mass is 9.87. The summed E-state index contributed by atoms with van der Waals surface area (Å²) in [6, 6.07) is 7.41. The molecule has 0 unspecified atom stereocenters. The molecule has 136 valence electrons. The predicted octanol–water partition coefficient (Wildman–Crippen LogP) is 4.01. The first-order valence-electron chi connectivity index (χ1n) is 8.65. The van der Waals surface area contributed by atoms with Crippen LogP contribution in [0.2, 0.25) is 0 Å². The van der Waals surface area contributed by atoms with Crippen LogP contribution in [0.15, 0.2) is 30.3 Å². The molecular formula is C21H22O5. The fraction of sp³-hybridized carbons (Fsp3) is 0.333. The van der Waals surface area contributed by atoms with E-state index in [1.54, 1.807) is 12.1 Å². The minimum Gasteiger partial charge on any atom is -0.504 e.